The summed E-state index contributed by atoms with van der Waals surface area (Å²) in [4.78, 5) is 60.5. The Labute approximate surface area is 362 Å². The zero-order chi connectivity index (χ0) is 43.9. The summed E-state index contributed by atoms with van der Waals surface area (Å²) in [5, 5.41) is 13.3. The van der Waals surface area contributed by atoms with E-state index in [1.807, 2.05) is 54.6 Å². The van der Waals surface area contributed by atoms with Crippen LogP contribution in [-0.4, -0.2) is 82.4 Å². The van der Waals surface area contributed by atoms with Gasteiger partial charge in [0.1, 0.15) is 32.2 Å². The molecule has 1 N–H and O–H groups in total. The van der Waals surface area contributed by atoms with Gasteiger partial charge < -0.3 is 33.7 Å². The number of carbonyl (C=O) groups excluding carboxylic acids is 2. The highest BCUT2D eigenvalue weighted by Gasteiger charge is 2.36. The molecule has 3 aliphatic rings. The molecule has 1 atom stereocenters. The molecule has 0 saturated heterocycles. The minimum Gasteiger partial charge on any atom is -0.493 e. The number of fused-ring (bicyclic) bond motifs is 5. The van der Waals surface area contributed by atoms with Gasteiger partial charge in [-0.3, -0.25) is 29.3 Å². The molecule has 16 nitrogen and oxygen atoms in total. The first-order valence-corrected chi connectivity index (χ1v) is 20.1. The lowest BCUT2D eigenvalue weighted by Crippen LogP contribution is -2.37. The molecule has 0 aliphatic carbocycles. The van der Waals surface area contributed by atoms with Crippen molar-refractivity contribution >= 4 is 53.5 Å². The van der Waals surface area contributed by atoms with Crippen LogP contribution >= 0.6 is 0 Å². The van der Waals surface area contributed by atoms with Crippen molar-refractivity contribution in [2.24, 2.45) is 9.98 Å². The molecule has 3 heterocycles. The molecule has 8 rings (SSSR count). The number of methoxy groups -OCH3 is 2. The number of amides is 2. The first kappa shape index (κ1) is 42.4. The number of rotatable bonds is 19. The van der Waals surface area contributed by atoms with Crippen LogP contribution < -0.4 is 33.5 Å². The minimum atomic E-state index is -1.03. The molecule has 324 valence electrons. The van der Waals surface area contributed by atoms with E-state index in [2.05, 4.69) is 16.7 Å². The normalized spacial score (nSPS) is 14.6. The molecule has 0 radical (unpaired) electrons. The topological polar surface area (TPSA) is 176 Å². The number of anilines is 2. The Kier molecular flexibility index (Phi) is 12.9. The highest BCUT2D eigenvalue weighted by molar-refractivity contribution is 6.15. The number of carboxylic acids is 1. The monoisotopic (exact) mass is 856 g/mol. The van der Waals surface area contributed by atoms with Crippen molar-refractivity contribution in [1.82, 2.24) is 0 Å². The summed E-state index contributed by atoms with van der Waals surface area (Å²) in [7, 11) is 3.01. The number of carbonyl (C=O) groups is 3. The quantitative estimate of drug-likeness (QED) is 0.0377. The average molecular weight is 857 g/mol. The summed E-state index contributed by atoms with van der Waals surface area (Å²) >= 11 is 0. The van der Waals surface area contributed by atoms with Crippen molar-refractivity contribution < 1.29 is 58.0 Å². The highest BCUT2D eigenvalue weighted by Crippen LogP contribution is 2.42. The van der Waals surface area contributed by atoms with E-state index in [-0.39, 0.29) is 57.3 Å². The number of aliphatic carboxylic acids is 1. The number of aliphatic imine (C=N–C) groups is 2. The summed E-state index contributed by atoms with van der Waals surface area (Å²) in [6.07, 6.45) is 2.97. The highest BCUT2D eigenvalue weighted by atomic mass is 17.5. The minimum absolute atomic E-state index is 0.0409. The van der Waals surface area contributed by atoms with Crippen molar-refractivity contribution in [2.45, 2.75) is 38.5 Å². The molecule has 3 aliphatic heterocycles. The molecule has 0 fully saturated rings. The van der Waals surface area contributed by atoms with Gasteiger partial charge in [-0.05, 0) is 77.9 Å². The van der Waals surface area contributed by atoms with Crippen LogP contribution in [0.4, 0.5) is 22.7 Å². The van der Waals surface area contributed by atoms with Crippen LogP contribution in [0.1, 0.15) is 49.4 Å². The van der Waals surface area contributed by atoms with Crippen LogP contribution in [-0.2, 0) is 45.7 Å². The number of hydrogen-bond donors (Lipinski definition) is 1. The van der Waals surface area contributed by atoms with Crippen LogP contribution in [0.2, 0.25) is 0 Å². The molecule has 0 bridgehead atoms. The van der Waals surface area contributed by atoms with Gasteiger partial charge in [0, 0.05) is 42.7 Å². The summed E-state index contributed by atoms with van der Waals surface area (Å²) < 4.78 is 30.1. The van der Waals surface area contributed by atoms with Gasteiger partial charge >= 0.3 is 5.97 Å². The summed E-state index contributed by atoms with van der Waals surface area (Å²) in [6, 6.07) is 27.5. The van der Waals surface area contributed by atoms with Gasteiger partial charge in [-0.25, -0.2) is 9.78 Å². The second-order valence-electron chi connectivity index (χ2n) is 14.7. The van der Waals surface area contributed by atoms with Crippen LogP contribution in [0.3, 0.4) is 0 Å². The van der Waals surface area contributed by atoms with E-state index in [1.165, 1.54) is 14.2 Å². The molecule has 16 heteroatoms. The first-order valence-electron chi connectivity index (χ1n) is 20.1. The van der Waals surface area contributed by atoms with Gasteiger partial charge in [-0.1, -0.05) is 41.4 Å². The van der Waals surface area contributed by atoms with Gasteiger partial charge in [0.25, 0.3) is 11.8 Å². The third-order valence-electron chi connectivity index (χ3n) is 10.7. The lowest BCUT2D eigenvalue weighted by atomic mass is 10.1. The third kappa shape index (κ3) is 9.33. The number of ether oxygens (including phenoxy) is 5. The second-order valence-corrected chi connectivity index (χ2v) is 14.7. The molecule has 2 amide bonds. The lowest BCUT2D eigenvalue weighted by molar-refractivity contribution is -0.512. The van der Waals surface area contributed by atoms with E-state index in [4.69, 9.17) is 43.6 Å². The number of hydrogen-bond acceptors (Lipinski definition) is 13. The second kappa shape index (κ2) is 19.2. The summed E-state index contributed by atoms with van der Waals surface area (Å²) in [5.41, 5.74) is 6.81. The van der Waals surface area contributed by atoms with Gasteiger partial charge in [-0.2, -0.15) is 0 Å². The smallest absolute Gasteiger partial charge is 0.305 e. The maximum absolute atomic E-state index is 13.9. The Morgan fingerprint density at radius 2 is 1.48 bits per heavy atom. The van der Waals surface area contributed by atoms with Gasteiger partial charge in [0.05, 0.1) is 55.8 Å². The molecule has 5 aromatic rings. The fraction of sp³-hybridized carbons (Fsp3) is 0.255. The zero-order valence-corrected chi connectivity index (χ0v) is 34.6. The van der Waals surface area contributed by atoms with Gasteiger partial charge in [-0.15, -0.1) is 0 Å². The van der Waals surface area contributed by atoms with Crippen LogP contribution in [0.5, 0.6) is 28.7 Å². The van der Waals surface area contributed by atoms with Crippen molar-refractivity contribution in [3.8, 4) is 28.7 Å². The van der Waals surface area contributed by atoms with Crippen LogP contribution in [0, 0.1) is 0 Å². The van der Waals surface area contributed by atoms with E-state index < -0.39 is 5.97 Å². The maximum atomic E-state index is 13.9. The predicted octanol–water partition coefficient (Wildman–Crippen LogP) is 7.42. The summed E-state index contributed by atoms with van der Waals surface area (Å²) in [5.74, 6) is 0.417. The van der Waals surface area contributed by atoms with E-state index in [0.717, 1.165) is 28.9 Å². The number of carboxylic acid groups (broad SMARTS) is 1. The van der Waals surface area contributed by atoms with E-state index in [0.29, 0.717) is 75.3 Å². The Hall–Kier alpha value is -7.27. The standard InChI is InChI=1S/C47H44N4O12/c1-48-37-24-43(41(56-2)22-35(37)46(54)50-14-12-31-8-4-6-10-39(31)50)59-27-29-18-30(20-34(19-29)58-16-17-62-63-61-15-13-45(52)53)28-60-44-25-38-36(23-42(44)57-3)47(55)51-33(26-49-38)21-32-9-5-7-11-40(32)51/h4-11,18-20,22-26,33H,1,12-17,21,27-28H2,2-3H3,(H,52,53)/t33-/m0/s1. The van der Waals surface area contributed by atoms with Crippen molar-refractivity contribution in [2.75, 3.05) is 50.4 Å². The SMILES string of the molecule is C=Nc1cc(OCc2cc(COc3cc4c(cc3OC)C(=O)N3c5ccccc5C[C@H]3C=N4)cc(OCCOOOCCC(=O)O)c2)c(OC)cc1C(=O)N1CCc2ccccc21. The Morgan fingerprint density at radius 1 is 0.794 bits per heavy atom. The molecule has 0 aromatic heterocycles. The predicted molar refractivity (Wildman–Crippen MR) is 232 cm³/mol. The maximum Gasteiger partial charge on any atom is 0.305 e. The number of nitrogens with zero attached hydrogens (tertiary/aromatic N) is 4. The average Bonchev–Trinajstić information content (AvgIpc) is 3.88. The Balaban J connectivity index is 1.00. The molecule has 5 aromatic carbocycles. The van der Waals surface area contributed by atoms with Crippen LogP contribution in [0.15, 0.2) is 101 Å². The molecule has 0 spiro atoms. The van der Waals surface area contributed by atoms with Crippen molar-refractivity contribution in [3.63, 3.8) is 0 Å². The Morgan fingerprint density at radius 3 is 2.21 bits per heavy atom. The van der Waals surface area contributed by atoms with Gasteiger partial charge in [0.15, 0.2) is 23.0 Å². The van der Waals surface area contributed by atoms with Gasteiger partial charge in [0.2, 0.25) is 0 Å². The van der Waals surface area contributed by atoms with Crippen molar-refractivity contribution in [3.05, 3.63) is 124 Å². The van der Waals surface area contributed by atoms with E-state index in [1.54, 1.807) is 52.4 Å². The van der Waals surface area contributed by atoms with E-state index >= 15 is 0 Å². The zero-order valence-electron chi connectivity index (χ0n) is 34.6. The first-order chi connectivity index (χ1) is 30.7. The number of para-hydroxylation sites is 2. The molecular weight excluding hydrogens is 813 g/mol. The largest absolute Gasteiger partial charge is 0.493 e. The fourth-order valence-electron chi connectivity index (χ4n) is 7.73. The number of benzene rings is 5. The molecular formula is C47H44N4O12. The van der Waals surface area contributed by atoms with Crippen molar-refractivity contribution in [1.29, 1.82) is 0 Å². The molecule has 63 heavy (non-hydrogen) atoms. The Bertz CT molecular complexity index is 2580. The molecule has 0 saturated carbocycles. The lowest BCUT2D eigenvalue weighted by Gasteiger charge is -2.22. The summed E-state index contributed by atoms with van der Waals surface area (Å²) in [6.45, 7) is 4.18. The molecule has 0 unspecified atom stereocenters. The van der Waals surface area contributed by atoms with E-state index in [9.17, 15) is 14.4 Å². The fourth-order valence-corrected chi connectivity index (χ4v) is 7.73. The van der Waals surface area contributed by atoms with Crippen LogP contribution in [0.25, 0.3) is 0 Å². The third-order valence-corrected chi connectivity index (χ3v) is 10.7.